The van der Waals surface area contributed by atoms with E-state index in [2.05, 4.69) is 57.3 Å². The molecule has 0 aliphatic carbocycles. The Morgan fingerprint density at radius 2 is 2.07 bits per heavy atom. The van der Waals surface area contributed by atoms with Crippen molar-refractivity contribution in [2.45, 2.75) is 25.7 Å². The van der Waals surface area contributed by atoms with Crippen molar-refractivity contribution in [3.05, 3.63) is 70.0 Å². The number of likely N-dealkylation sites (tertiary alicyclic amines) is 1. The quantitative estimate of drug-likeness (QED) is 0.608. The number of benzene rings is 2. The van der Waals surface area contributed by atoms with Crippen molar-refractivity contribution in [2.75, 3.05) is 13.1 Å². The fourth-order valence-corrected chi connectivity index (χ4v) is 3.83. The predicted octanol–water partition coefficient (Wildman–Crippen LogP) is 4.37. The first-order chi connectivity index (χ1) is 13.1. The zero-order chi connectivity index (χ0) is 18.8. The van der Waals surface area contributed by atoms with Crippen LogP contribution in [-0.4, -0.2) is 34.0 Å². The zero-order valence-electron chi connectivity index (χ0n) is 15.1. The third-order valence-corrected chi connectivity index (χ3v) is 5.33. The first-order valence-corrected chi connectivity index (χ1v) is 9.80. The number of nitrogens with zero attached hydrogens (tertiary/aromatic N) is 3. The normalized spacial score (nSPS) is 16.9. The Morgan fingerprint density at radius 3 is 2.89 bits per heavy atom. The van der Waals surface area contributed by atoms with E-state index in [1.807, 2.05) is 29.2 Å². The molecule has 0 saturated carbocycles. The van der Waals surface area contributed by atoms with E-state index in [0.717, 1.165) is 16.5 Å². The lowest BCUT2D eigenvalue weighted by molar-refractivity contribution is -0.127. The number of amides is 1. The molecule has 1 aromatic heterocycles. The highest BCUT2D eigenvalue weighted by Crippen LogP contribution is 2.29. The van der Waals surface area contributed by atoms with Crippen molar-refractivity contribution in [2.24, 2.45) is 0 Å². The van der Waals surface area contributed by atoms with Gasteiger partial charge in [0.05, 0.1) is 5.92 Å². The van der Waals surface area contributed by atoms with E-state index >= 15 is 0 Å². The van der Waals surface area contributed by atoms with Crippen molar-refractivity contribution < 1.29 is 9.32 Å². The molecule has 1 amide bonds. The molecule has 27 heavy (non-hydrogen) atoms. The Morgan fingerprint density at radius 1 is 1.22 bits per heavy atom. The van der Waals surface area contributed by atoms with Gasteiger partial charge in [0.15, 0.2) is 0 Å². The maximum absolute atomic E-state index is 12.4. The molecule has 0 spiro atoms. The van der Waals surface area contributed by atoms with Crippen LogP contribution in [0.1, 0.15) is 29.4 Å². The third-order valence-electron chi connectivity index (χ3n) is 4.84. The topological polar surface area (TPSA) is 59.2 Å². The summed E-state index contributed by atoms with van der Waals surface area (Å²) in [4.78, 5) is 18.8. The molecule has 3 aromatic rings. The Hall–Kier alpha value is -2.47. The molecule has 4 rings (SSSR count). The summed E-state index contributed by atoms with van der Waals surface area (Å²) >= 11 is 3.45. The fourth-order valence-electron chi connectivity index (χ4n) is 3.43. The van der Waals surface area contributed by atoms with E-state index in [1.165, 1.54) is 11.1 Å². The SMILES string of the molecule is Cc1cccc(CCN2CC(c3nc(-c4cccc(Br)c4)no3)CC2=O)c1. The molecule has 0 bridgehead atoms. The Balaban J connectivity index is 1.42. The van der Waals surface area contributed by atoms with Gasteiger partial charge >= 0.3 is 0 Å². The summed E-state index contributed by atoms with van der Waals surface area (Å²) in [5.41, 5.74) is 3.38. The molecule has 6 heteroatoms. The summed E-state index contributed by atoms with van der Waals surface area (Å²) in [6, 6.07) is 16.2. The van der Waals surface area contributed by atoms with E-state index in [9.17, 15) is 4.79 Å². The minimum absolute atomic E-state index is 0.0385. The second-order valence-electron chi connectivity index (χ2n) is 6.95. The first-order valence-electron chi connectivity index (χ1n) is 9.01. The van der Waals surface area contributed by atoms with Crippen molar-refractivity contribution >= 4 is 21.8 Å². The smallest absolute Gasteiger partial charge is 0.232 e. The lowest BCUT2D eigenvalue weighted by atomic mass is 10.1. The minimum atomic E-state index is -0.0385. The van der Waals surface area contributed by atoms with Crippen molar-refractivity contribution in [3.63, 3.8) is 0 Å². The summed E-state index contributed by atoms with van der Waals surface area (Å²) in [6.45, 7) is 3.43. The minimum Gasteiger partial charge on any atom is -0.342 e. The molecule has 1 aliphatic heterocycles. The van der Waals surface area contributed by atoms with Crippen molar-refractivity contribution in [1.29, 1.82) is 0 Å². The van der Waals surface area contributed by atoms with Crippen LogP contribution < -0.4 is 0 Å². The molecule has 138 valence electrons. The van der Waals surface area contributed by atoms with E-state index in [-0.39, 0.29) is 11.8 Å². The van der Waals surface area contributed by atoms with Crippen LogP contribution in [0.5, 0.6) is 0 Å². The molecule has 5 nitrogen and oxygen atoms in total. The van der Waals surface area contributed by atoms with Gasteiger partial charge < -0.3 is 9.42 Å². The molecule has 0 radical (unpaired) electrons. The van der Waals surface area contributed by atoms with Crippen molar-refractivity contribution in [1.82, 2.24) is 15.0 Å². The second kappa shape index (κ2) is 7.64. The number of aryl methyl sites for hydroxylation is 1. The molecule has 1 unspecified atom stereocenters. The number of carbonyl (C=O) groups excluding carboxylic acids is 1. The molecule has 1 fully saturated rings. The molecule has 1 saturated heterocycles. The van der Waals surface area contributed by atoms with Crippen LogP contribution in [0.2, 0.25) is 0 Å². The van der Waals surface area contributed by atoms with Crippen LogP contribution in [-0.2, 0) is 11.2 Å². The van der Waals surface area contributed by atoms with Gasteiger partial charge in [-0.15, -0.1) is 0 Å². The van der Waals surface area contributed by atoms with Crippen LogP contribution in [0, 0.1) is 6.92 Å². The molecule has 0 N–H and O–H groups in total. The summed E-state index contributed by atoms with van der Waals surface area (Å²) in [7, 11) is 0. The summed E-state index contributed by atoms with van der Waals surface area (Å²) in [6.07, 6.45) is 1.28. The molecule has 2 aromatic carbocycles. The average molecular weight is 426 g/mol. The van der Waals surface area contributed by atoms with Crippen LogP contribution in [0.4, 0.5) is 0 Å². The van der Waals surface area contributed by atoms with Crippen molar-refractivity contribution in [3.8, 4) is 11.4 Å². The maximum Gasteiger partial charge on any atom is 0.232 e. The third kappa shape index (κ3) is 4.11. The van der Waals surface area contributed by atoms with Gasteiger partial charge in [-0.2, -0.15) is 4.98 Å². The standard InChI is InChI=1S/C21H20BrN3O2/c1-14-4-2-5-15(10-14)8-9-25-13-17(12-19(25)26)21-23-20(24-27-21)16-6-3-7-18(22)11-16/h2-7,10-11,17H,8-9,12-13H2,1H3. The lowest BCUT2D eigenvalue weighted by Gasteiger charge is -2.16. The lowest BCUT2D eigenvalue weighted by Crippen LogP contribution is -2.27. The largest absolute Gasteiger partial charge is 0.342 e. The van der Waals surface area contributed by atoms with Gasteiger partial charge in [-0.05, 0) is 31.0 Å². The van der Waals surface area contributed by atoms with E-state index in [4.69, 9.17) is 4.52 Å². The molecule has 1 aliphatic rings. The number of aromatic nitrogens is 2. The van der Waals surface area contributed by atoms with Crippen LogP contribution in [0.25, 0.3) is 11.4 Å². The molecular formula is C21H20BrN3O2. The van der Waals surface area contributed by atoms with E-state index in [0.29, 0.717) is 31.2 Å². The first kappa shape index (κ1) is 17.9. The predicted molar refractivity (Wildman–Crippen MR) is 106 cm³/mol. The van der Waals surface area contributed by atoms with Gasteiger partial charge in [-0.1, -0.05) is 63.0 Å². The zero-order valence-corrected chi connectivity index (χ0v) is 16.6. The highest BCUT2D eigenvalue weighted by Gasteiger charge is 2.34. The van der Waals surface area contributed by atoms with Gasteiger partial charge in [0.2, 0.25) is 17.6 Å². The average Bonchev–Trinajstić information content (AvgIpc) is 3.27. The van der Waals surface area contributed by atoms with Crippen LogP contribution in [0.3, 0.4) is 0 Å². The Bertz CT molecular complexity index is 969. The number of hydrogen-bond donors (Lipinski definition) is 0. The molecule has 2 heterocycles. The van der Waals surface area contributed by atoms with E-state index < -0.39 is 0 Å². The fraction of sp³-hybridized carbons (Fsp3) is 0.286. The molecule has 1 atom stereocenters. The van der Waals surface area contributed by atoms with Gasteiger partial charge in [0, 0.05) is 29.5 Å². The van der Waals surface area contributed by atoms with Crippen LogP contribution >= 0.6 is 15.9 Å². The summed E-state index contributed by atoms with van der Waals surface area (Å²) in [5, 5.41) is 4.09. The summed E-state index contributed by atoms with van der Waals surface area (Å²) < 4.78 is 6.43. The second-order valence-corrected chi connectivity index (χ2v) is 7.86. The van der Waals surface area contributed by atoms with E-state index in [1.54, 1.807) is 0 Å². The number of rotatable bonds is 5. The number of halogens is 1. The van der Waals surface area contributed by atoms with Gasteiger partial charge in [0.1, 0.15) is 0 Å². The highest BCUT2D eigenvalue weighted by atomic mass is 79.9. The highest BCUT2D eigenvalue weighted by molar-refractivity contribution is 9.10. The number of carbonyl (C=O) groups is 1. The monoisotopic (exact) mass is 425 g/mol. The maximum atomic E-state index is 12.4. The molecular weight excluding hydrogens is 406 g/mol. The van der Waals surface area contributed by atoms with Gasteiger partial charge in [-0.25, -0.2) is 0 Å². The van der Waals surface area contributed by atoms with Crippen LogP contribution in [0.15, 0.2) is 57.5 Å². The summed E-state index contributed by atoms with van der Waals surface area (Å²) in [5.74, 6) is 1.20. The van der Waals surface area contributed by atoms with Gasteiger partial charge in [-0.3, -0.25) is 4.79 Å². The Labute approximate surface area is 166 Å². The number of hydrogen-bond acceptors (Lipinski definition) is 4. The van der Waals surface area contributed by atoms with Gasteiger partial charge in [0.25, 0.3) is 0 Å². The Kier molecular flexibility index (Phi) is 5.07.